The number of ether oxygens (including phenoxy) is 1. The number of nitrogens with zero attached hydrogens (tertiary/aromatic N) is 2. The molecule has 0 N–H and O–H groups in total. The summed E-state index contributed by atoms with van der Waals surface area (Å²) >= 11 is 0. The number of amides is 2. The Bertz CT molecular complexity index is 590. The lowest BCUT2D eigenvalue weighted by Crippen LogP contribution is -2.48. The quantitative estimate of drug-likeness (QED) is 0.847. The van der Waals surface area contributed by atoms with Crippen LogP contribution in [0, 0.1) is 5.82 Å². The average Bonchev–Trinajstić information content (AvgIpc) is 2.84. The fourth-order valence-corrected chi connectivity index (χ4v) is 3.39. The van der Waals surface area contributed by atoms with Gasteiger partial charge in [-0.1, -0.05) is 12.1 Å². The standard InChI is InChI=1S/C18H23FN2O3/c19-16-5-3-15(4-6-16)14-2-1-8-20(9-7-14)17(22)12-21-10-11-24-13-18(21)23/h3-6,14H,1-2,7-13H2. The van der Waals surface area contributed by atoms with Crippen molar-refractivity contribution in [3.05, 3.63) is 35.6 Å². The van der Waals surface area contributed by atoms with Crippen LogP contribution in [-0.2, 0) is 14.3 Å². The van der Waals surface area contributed by atoms with Gasteiger partial charge in [-0.25, -0.2) is 4.39 Å². The lowest BCUT2D eigenvalue weighted by Gasteiger charge is -2.29. The number of carbonyl (C=O) groups excluding carboxylic acids is 2. The van der Waals surface area contributed by atoms with Crippen LogP contribution in [0.2, 0.25) is 0 Å². The van der Waals surface area contributed by atoms with E-state index in [2.05, 4.69) is 0 Å². The van der Waals surface area contributed by atoms with Crippen molar-refractivity contribution >= 4 is 11.8 Å². The first-order valence-corrected chi connectivity index (χ1v) is 8.52. The predicted molar refractivity (Wildman–Crippen MR) is 87.0 cm³/mol. The zero-order chi connectivity index (χ0) is 16.9. The molecule has 0 spiro atoms. The molecule has 130 valence electrons. The highest BCUT2D eigenvalue weighted by Gasteiger charge is 2.26. The number of halogens is 1. The summed E-state index contributed by atoms with van der Waals surface area (Å²) in [4.78, 5) is 27.7. The molecule has 0 radical (unpaired) electrons. The van der Waals surface area contributed by atoms with Crippen LogP contribution in [-0.4, -0.2) is 61.0 Å². The smallest absolute Gasteiger partial charge is 0.249 e. The second kappa shape index (κ2) is 7.75. The van der Waals surface area contributed by atoms with Gasteiger partial charge in [-0.05, 0) is 42.9 Å². The minimum Gasteiger partial charge on any atom is -0.370 e. The number of benzene rings is 1. The maximum absolute atomic E-state index is 13.1. The van der Waals surface area contributed by atoms with Gasteiger partial charge in [0.2, 0.25) is 11.8 Å². The highest BCUT2D eigenvalue weighted by atomic mass is 19.1. The maximum atomic E-state index is 13.1. The van der Waals surface area contributed by atoms with E-state index < -0.39 is 0 Å². The van der Waals surface area contributed by atoms with Gasteiger partial charge >= 0.3 is 0 Å². The first-order chi connectivity index (χ1) is 11.6. The molecule has 2 aliphatic rings. The largest absolute Gasteiger partial charge is 0.370 e. The van der Waals surface area contributed by atoms with Crippen molar-refractivity contribution in [3.8, 4) is 0 Å². The molecule has 2 fully saturated rings. The second-order valence-corrected chi connectivity index (χ2v) is 6.43. The number of carbonyl (C=O) groups is 2. The first kappa shape index (κ1) is 16.9. The summed E-state index contributed by atoms with van der Waals surface area (Å²) in [6.45, 7) is 2.58. The maximum Gasteiger partial charge on any atom is 0.249 e. The van der Waals surface area contributed by atoms with Crippen LogP contribution in [0.1, 0.15) is 30.7 Å². The Hall–Kier alpha value is -1.95. The third-order valence-electron chi connectivity index (χ3n) is 4.83. The lowest BCUT2D eigenvalue weighted by molar-refractivity contribution is -0.148. The lowest BCUT2D eigenvalue weighted by atomic mass is 9.92. The second-order valence-electron chi connectivity index (χ2n) is 6.43. The predicted octanol–water partition coefficient (Wildman–Crippen LogP) is 1.78. The topological polar surface area (TPSA) is 49.9 Å². The Balaban J connectivity index is 1.55. The Morgan fingerprint density at radius 3 is 2.71 bits per heavy atom. The molecular weight excluding hydrogens is 311 g/mol. The van der Waals surface area contributed by atoms with E-state index in [9.17, 15) is 14.0 Å². The van der Waals surface area contributed by atoms with Gasteiger partial charge in [0.25, 0.3) is 0 Å². The van der Waals surface area contributed by atoms with Crippen molar-refractivity contribution in [1.29, 1.82) is 0 Å². The number of rotatable bonds is 3. The zero-order valence-electron chi connectivity index (χ0n) is 13.7. The van der Waals surface area contributed by atoms with E-state index in [1.54, 1.807) is 4.90 Å². The summed E-state index contributed by atoms with van der Waals surface area (Å²) < 4.78 is 18.1. The first-order valence-electron chi connectivity index (χ1n) is 8.52. The van der Waals surface area contributed by atoms with E-state index in [4.69, 9.17) is 4.74 Å². The summed E-state index contributed by atoms with van der Waals surface area (Å²) in [5, 5.41) is 0. The highest BCUT2D eigenvalue weighted by molar-refractivity contribution is 5.85. The van der Waals surface area contributed by atoms with Crippen molar-refractivity contribution in [1.82, 2.24) is 9.80 Å². The molecule has 2 aliphatic heterocycles. The van der Waals surface area contributed by atoms with E-state index >= 15 is 0 Å². The molecule has 2 amide bonds. The highest BCUT2D eigenvalue weighted by Crippen LogP contribution is 2.28. The van der Waals surface area contributed by atoms with Crippen molar-refractivity contribution in [3.63, 3.8) is 0 Å². The molecule has 1 aromatic rings. The van der Waals surface area contributed by atoms with Crippen molar-refractivity contribution in [2.24, 2.45) is 0 Å². The molecule has 0 bridgehead atoms. The third kappa shape index (κ3) is 4.12. The SMILES string of the molecule is O=C(CN1CCOCC1=O)N1CCCC(c2ccc(F)cc2)CC1. The minimum atomic E-state index is -0.223. The van der Waals surface area contributed by atoms with Gasteiger partial charge in [-0.2, -0.15) is 0 Å². The molecule has 1 atom stereocenters. The van der Waals surface area contributed by atoms with Gasteiger partial charge in [-0.3, -0.25) is 9.59 Å². The van der Waals surface area contributed by atoms with Crippen LogP contribution in [0.3, 0.4) is 0 Å². The molecule has 2 heterocycles. The molecule has 2 saturated heterocycles. The minimum absolute atomic E-state index is 0.00464. The van der Waals surface area contributed by atoms with Crippen molar-refractivity contribution < 1.29 is 18.7 Å². The van der Waals surface area contributed by atoms with E-state index in [0.29, 0.717) is 25.6 Å². The van der Waals surface area contributed by atoms with Crippen molar-refractivity contribution in [2.75, 3.05) is 39.4 Å². The van der Waals surface area contributed by atoms with E-state index in [-0.39, 0.29) is 30.8 Å². The third-order valence-corrected chi connectivity index (χ3v) is 4.83. The molecule has 6 heteroatoms. The molecule has 0 aromatic heterocycles. The van der Waals surface area contributed by atoms with Crippen molar-refractivity contribution in [2.45, 2.75) is 25.2 Å². The van der Waals surface area contributed by atoms with E-state index in [1.807, 2.05) is 17.0 Å². The number of morpholine rings is 1. The monoisotopic (exact) mass is 334 g/mol. The van der Waals surface area contributed by atoms with Crippen LogP contribution < -0.4 is 0 Å². The molecule has 24 heavy (non-hydrogen) atoms. The number of hydrogen-bond acceptors (Lipinski definition) is 3. The van der Waals surface area contributed by atoms with E-state index in [0.717, 1.165) is 31.4 Å². The molecule has 3 rings (SSSR count). The summed E-state index contributed by atoms with van der Waals surface area (Å²) in [6.07, 6.45) is 2.78. The Morgan fingerprint density at radius 2 is 1.96 bits per heavy atom. The molecule has 1 aromatic carbocycles. The summed E-state index contributed by atoms with van der Waals surface area (Å²) in [5.41, 5.74) is 1.13. The summed E-state index contributed by atoms with van der Waals surface area (Å²) in [6, 6.07) is 6.66. The normalized spacial score (nSPS) is 22.4. The molecule has 5 nitrogen and oxygen atoms in total. The van der Waals surface area contributed by atoms with E-state index in [1.165, 1.54) is 12.1 Å². The van der Waals surface area contributed by atoms with Gasteiger partial charge in [0, 0.05) is 19.6 Å². The Kier molecular flexibility index (Phi) is 5.45. The Morgan fingerprint density at radius 1 is 1.17 bits per heavy atom. The molecule has 0 aliphatic carbocycles. The summed E-state index contributed by atoms with van der Waals surface area (Å²) in [5.74, 6) is 0.0198. The fraction of sp³-hybridized carbons (Fsp3) is 0.556. The van der Waals surface area contributed by atoms with Crippen LogP contribution in [0.25, 0.3) is 0 Å². The van der Waals surface area contributed by atoms with Crippen LogP contribution in [0.15, 0.2) is 24.3 Å². The molecular formula is C18H23FN2O3. The van der Waals surface area contributed by atoms with Crippen LogP contribution >= 0.6 is 0 Å². The van der Waals surface area contributed by atoms with Gasteiger partial charge in [0.05, 0.1) is 13.2 Å². The van der Waals surface area contributed by atoms with Crippen LogP contribution in [0.4, 0.5) is 4.39 Å². The average molecular weight is 334 g/mol. The summed E-state index contributed by atoms with van der Waals surface area (Å²) in [7, 11) is 0. The fourth-order valence-electron chi connectivity index (χ4n) is 3.39. The number of hydrogen-bond donors (Lipinski definition) is 0. The van der Waals surface area contributed by atoms with Gasteiger partial charge < -0.3 is 14.5 Å². The van der Waals surface area contributed by atoms with Gasteiger partial charge in [-0.15, -0.1) is 0 Å². The Labute approximate surface area is 141 Å². The van der Waals surface area contributed by atoms with Gasteiger partial charge in [0.1, 0.15) is 12.4 Å². The molecule has 0 saturated carbocycles. The number of likely N-dealkylation sites (tertiary alicyclic amines) is 1. The van der Waals surface area contributed by atoms with Crippen LogP contribution in [0.5, 0.6) is 0 Å². The molecule has 1 unspecified atom stereocenters. The zero-order valence-corrected chi connectivity index (χ0v) is 13.7. The van der Waals surface area contributed by atoms with Gasteiger partial charge in [0.15, 0.2) is 0 Å².